The van der Waals surface area contributed by atoms with E-state index < -0.39 is 0 Å². The molecule has 0 bridgehead atoms. The van der Waals surface area contributed by atoms with Gasteiger partial charge in [-0.2, -0.15) is 0 Å². The normalized spacial score (nSPS) is 9.33. The Balaban J connectivity index is 2.99. The van der Waals surface area contributed by atoms with Crippen LogP contribution in [0.4, 0.5) is 10.5 Å². The Bertz CT molecular complexity index is 486. The second kappa shape index (κ2) is 6.67. The Labute approximate surface area is 108 Å². The van der Waals surface area contributed by atoms with E-state index in [1.54, 1.807) is 11.9 Å². The molecule has 0 radical (unpaired) electrons. The van der Waals surface area contributed by atoms with Crippen LogP contribution in [0.2, 0.25) is 0 Å². The number of aryl methyl sites for hydroxylation is 1. The zero-order valence-electron chi connectivity index (χ0n) is 11.1. The zero-order valence-corrected chi connectivity index (χ0v) is 11.1. The average Bonchev–Trinajstić information content (AvgIpc) is 2.36. The standard InChI is InChI=1S/C14H19N3O/c1-4-17(3)14(18)16-13-10-11(2)7-8-12(13)6-5-9-15/h7-8,10H,4,9,15H2,1-3H3,(H,16,18). The summed E-state index contributed by atoms with van der Waals surface area (Å²) >= 11 is 0. The minimum absolute atomic E-state index is 0.140. The minimum atomic E-state index is -0.140. The fourth-order valence-corrected chi connectivity index (χ4v) is 1.37. The van der Waals surface area contributed by atoms with Crippen LogP contribution in [-0.4, -0.2) is 31.1 Å². The SMILES string of the molecule is CCN(C)C(=O)Nc1cc(C)ccc1C#CCN. The van der Waals surface area contributed by atoms with Gasteiger partial charge in [0.2, 0.25) is 0 Å². The Kier molecular flexibility index (Phi) is 5.22. The number of benzene rings is 1. The molecular weight excluding hydrogens is 226 g/mol. The van der Waals surface area contributed by atoms with Crippen molar-refractivity contribution in [2.75, 3.05) is 25.5 Å². The van der Waals surface area contributed by atoms with Crippen LogP contribution in [0.3, 0.4) is 0 Å². The molecular formula is C14H19N3O. The number of hydrogen-bond acceptors (Lipinski definition) is 2. The lowest BCUT2D eigenvalue weighted by Gasteiger charge is -2.16. The zero-order chi connectivity index (χ0) is 13.5. The molecule has 0 aliphatic carbocycles. The molecule has 4 nitrogen and oxygen atoms in total. The summed E-state index contributed by atoms with van der Waals surface area (Å²) in [5.41, 5.74) is 7.93. The van der Waals surface area contributed by atoms with Crippen LogP contribution in [0.5, 0.6) is 0 Å². The average molecular weight is 245 g/mol. The summed E-state index contributed by atoms with van der Waals surface area (Å²) in [5, 5.41) is 2.85. The molecule has 2 amide bonds. The highest BCUT2D eigenvalue weighted by Gasteiger charge is 2.09. The topological polar surface area (TPSA) is 58.4 Å². The highest BCUT2D eigenvalue weighted by Crippen LogP contribution is 2.17. The number of amides is 2. The van der Waals surface area contributed by atoms with Gasteiger partial charge >= 0.3 is 6.03 Å². The van der Waals surface area contributed by atoms with Crippen molar-refractivity contribution in [3.05, 3.63) is 29.3 Å². The molecule has 1 aromatic carbocycles. The molecule has 4 heteroatoms. The number of nitrogens with one attached hydrogen (secondary N) is 1. The van der Waals surface area contributed by atoms with Crippen LogP contribution in [0.1, 0.15) is 18.1 Å². The molecule has 0 aliphatic rings. The molecule has 0 atom stereocenters. The first-order valence-corrected chi connectivity index (χ1v) is 5.90. The number of hydrogen-bond donors (Lipinski definition) is 2. The van der Waals surface area contributed by atoms with E-state index in [4.69, 9.17) is 5.73 Å². The summed E-state index contributed by atoms with van der Waals surface area (Å²) in [6, 6.07) is 5.61. The highest BCUT2D eigenvalue weighted by atomic mass is 16.2. The number of nitrogens with zero attached hydrogens (tertiary/aromatic N) is 1. The van der Waals surface area contributed by atoms with Crippen LogP contribution < -0.4 is 11.1 Å². The van der Waals surface area contributed by atoms with Gasteiger partial charge in [-0.3, -0.25) is 0 Å². The first-order chi connectivity index (χ1) is 8.58. The molecule has 0 saturated carbocycles. The second-order valence-electron chi connectivity index (χ2n) is 4.00. The molecule has 3 N–H and O–H groups in total. The van der Waals surface area contributed by atoms with E-state index in [-0.39, 0.29) is 6.03 Å². The summed E-state index contributed by atoms with van der Waals surface area (Å²) in [5.74, 6) is 5.75. The minimum Gasteiger partial charge on any atom is -0.328 e. The molecule has 0 spiro atoms. The molecule has 0 aliphatic heterocycles. The number of anilines is 1. The Hall–Kier alpha value is -1.99. The Morgan fingerprint density at radius 2 is 2.22 bits per heavy atom. The molecule has 0 aromatic heterocycles. The first kappa shape index (κ1) is 14.1. The van der Waals surface area contributed by atoms with Gasteiger partial charge in [-0.05, 0) is 31.5 Å². The van der Waals surface area contributed by atoms with Gasteiger partial charge in [-0.1, -0.05) is 17.9 Å². The Morgan fingerprint density at radius 1 is 1.50 bits per heavy atom. The van der Waals surface area contributed by atoms with Gasteiger partial charge in [0.1, 0.15) is 0 Å². The summed E-state index contributed by atoms with van der Waals surface area (Å²) in [7, 11) is 1.75. The summed E-state index contributed by atoms with van der Waals surface area (Å²) in [6.07, 6.45) is 0. The third-order valence-electron chi connectivity index (χ3n) is 2.56. The van der Waals surface area contributed by atoms with Gasteiger partial charge in [0.25, 0.3) is 0 Å². The van der Waals surface area contributed by atoms with Crippen molar-refractivity contribution in [2.45, 2.75) is 13.8 Å². The Morgan fingerprint density at radius 3 is 2.83 bits per heavy atom. The lowest BCUT2D eigenvalue weighted by molar-refractivity contribution is 0.224. The maximum absolute atomic E-state index is 11.8. The van der Waals surface area contributed by atoms with Crippen molar-refractivity contribution in [1.29, 1.82) is 0 Å². The van der Waals surface area contributed by atoms with Crippen molar-refractivity contribution >= 4 is 11.7 Å². The van der Waals surface area contributed by atoms with Crippen molar-refractivity contribution < 1.29 is 4.79 Å². The number of carbonyl (C=O) groups is 1. The van der Waals surface area contributed by atoms with Gasteiger partial charge in [-0.25, -0.2) is 4.79 Å². The van der Waals surface area contributed by atoms with E-state index in [0.29, 0.717) is 13.1 Å². The van der Waals surface area contributed by atoms with Crippen molar-refractivity contribution in [3.8, 4) is 11.8 Å². The van der Waals surface area contributed by atoms with Crippen LogP contribution >= 0.6 is 0 Å². The molecule has 0 fully saturated rings. The van der Waals surface area contributed by atoms with Crippen LogP contribution in [0.15, 0.2) is 18.2 Å². The van der Waals surface area contributed by atoms with Gasteiger partial charge in [0, 0.05) is 19.2 Å². The monoisotopic (exact) mass is 245 g/mol. The second-order valence-corrected chi connectivity index (χ2v) is 4.00. The number of rotatable bonds is 2. The van der Waals surface area contributed by atoms with E-state index in [0.717, 1.165) is 16.8 Å². The predicted molar refractivity (Wildman–Crippen MR) is 74.4 cm³/mol. The molecule has 0 saturated heterocycles. The molecule has 0 unspecified atom stereocenters. The largest absolute Gasteiger partial charge is 0.328 e. The fourth-order valence-electron chi connectivity index (χ4n) is 1.37. The third kappa shape index (κ3) is 3.79. The van der Waals surface area contributed by atoms with Crippen LogP contribution in [0, 0.1) is 18.8 Å². The quantitative estimate of drug-likeness (QED) is 0.780. The maximum atomic E-state index is 11.8. The molecule has 1 rings (SSSR count). The predicted octanol–water partition coefficient (Wildman–Crippen LogP) is 1.79. The van der Waals surface area contributed by atoms with Crippen LogP contribution in [0.25, 0.3) is 0 Å². The highest BCUT2D eigenvalue weighted by molar-refractivity contribution is 5.90. The van der Waals surface area contributed by atoms with Gasteiger partial charge in [0.15, 0.2) is 0 Å². The summed E-state index contributed by atoms with van der Waals surface area (Å²) < 4.78 is 0. The summed E-state index contributed by atoms with van der Waals surface area (Å²) in [4.78, 5) is 13.4. The van der Waals surface area contributed by atoms with E-state index in [2.05, 4.69) is 17.2 Å². The smallest absolute Gasteiger partial charge is 0.321 e. The van der Waals surface area contributed by atoms with Gasteiger partial charge in [0.05, 0.1) is 12.2 Å². The number of nitrogens with two attached hydrogens (primary N) is 1. The van der Waals surface area contributed by atoms with Crippen molar-refractivity contribution in [1.82, 2.24) is 4.90 Å². The molecule has 18 heavy (non-hydrogen) atoms. The molecule has 0 heterocycles. The van der Waals surface area contributed by atoms with Gasteiger partial charge < -0.3 is 16.0 Å². The maximum Gasteiger partial charge on any atom is 0.321 e. The lowest BCUT2D eigenvalue weighted by Crippen LogP contribution is -2.31. The molecule has 96 valence electrons. The van der Waals surface area contributed by atoms with E-state index in [1.807, 2.05) is 32.0 Å². The van der Waals surface area contributed by atoms with E-state index in [9.17, 15) is 4.79 Å². The van der Waals surface area contributed by atoms with Crippen molar-refractivity contribution in [3.63, 3.8) is 0 Å². The van der Waals surface area contributed by atoms with E-state index >= 15 is 0 Å². The van der Waals surface area contributed by atoms with Gasteiger partial charge in [-0.15, -0.1) is 0 Å². The first-order valence-electron chi connectivity index (χ1n) is 5.90. The number of urea groups is 1. The third-order valence-corrected chi connectivity index (χ3v) is 2.56. The van der Waals surface area contributed by atoms with Crippen molar-refractivity contribution in [2.24, 2.45) is 5.73 Å². The fraction of sp³-hybridized carbons (Fsp3) is 0.357. The van der Waals surface area contributed by atoms with E-state index in [1.165, 1.54) is 0 Å². The molecule has 1 aromatic rings. The van der Waals surface area contributed by atoms with Crippen LogP contribution in [-0.2, 0) is 0 Å². The number of carbonyl (C=O) groups excluding carboxylic acids is 1. The lowest BCUT2D eigenvalue weighted by atomic mass is 10.1. The summed E-state index contributed by atoms with van der Waals surface area (Å²) in [6.45, 7) is 4.85.